The van der Waals surface area contributed by atoms with Crippen LogP contribution in [0, 0.1) is 0 Å². The van der Waals surface area contributed by atoms with Gasteiger partial charge in [-0.25, -0.2) is 4.79 Å². The van der Waals surface area contributed by atoms with E-state index in [0.29, 0.717) is 13.1 Å². The molecule has 0 aliphatic carbocycles. The van der Waals surface area contributed by atoms with Gasteiger partial charge < -0.3 is 20.4 Å². The lowest BCUT2D eigenvalue weighted by molar-refractivity contribution is 0.240. The lowest BCUT2D eigenvalue weighted by atomic mass is 10.1. The molecule has 0 saturated carbocycles. The number of hydrogen-bond acceptors (Lipinski definition) is 3. The first-order chi connectivity index (χ1) is 13.0. The maximum atomic E-state index is 12.1. The van der Waals surface area contributed by atoms with Gasteiger partial charge in [0.15, 0.2) is 0 Å². The van der Waals surface area contributed by atoms with Crippen molar-refractivity contribution in [1.29, 1.82) is 0 Å². The second-order valence-corrected chi connectivity index (χ2v) is 7.54. The molecule has 27 heavy (non-hydrogen) atoms. The molecule has 1 heterocycles. The third-order valence-corrected chi connectivity index (χ3v) is 4.99. The van der Waals surface area contributed by atoms with Crippen LogP contribution in [0.5, 0.6) is 0 Å². The summed E-state index contributed by atoms with van der Waals surface area (Å²) in [5.74, 6) is 0. The van der Waals surface area contributed by atoms with Gasteiger partial charge in [-0.05, 0) is 50.2 Å². The van der Waals surface area contributed by atoms with Crippen LogP contribution in [0.25, 0.3) is 0 Å². The van der Waals surface area contributed by atoms with Gasteiger partial charge in [0, 0.05) is 37.9 Å². The second kappa shape index (κ2) is 8.91. The van der Waals surface area contributed by atoms with E-state index in [1.165, 1.54) is 16.8 Å². The molecule has 0 fully saturated rings. The minimum absolute atomic E-state index is 0.119. The van der Waals surface area contributed by atoms with E-state index >= 15 is 0 Å². The Kier molecular flexibility index (Phi) is 6.35. The van der Waals surface area contributed by atoms with Crippen LogP contribution in [-0.2, 0) is 19.5 Å². The number of rotatable bonds is 7. The third-order valence-electron chi connectivity index (χ3n) is 4.99. The average Bonchev–Trinajstić information content (AvgIpc) is 3.09. The minimum atomic E-state index is -0.119. The van der Waals surface area contributed by atoms with Crippen LogP contribution in [0.4, 0.5) is 10.5 Å². The predicted molar refractivity (Wildman–Crippen MR) is 111 cm³/mol. The van der Waals surface area contributed by atoms with Gasteiger partial charge in [0.1, 0.15) is 0 Å². The smallest absolute Gasteiger partial charge is 0.315 e. The Morgan fingerprint density at radius 3 is 2.52 bits per heavy atom. The summed E-state index contributed by atoms with van der Waals surface area (Å²) in [6.45, 7) is 5.26. The van der Waals surface area contributed by atoms with E-state index < -0.39 is 0 Å². The Balaban J connectivity index is 1.42. The number of hydrogen-bond donors (Lipinski definition) is 2. The molecule has 0 saturated heterocycles. The Bertz CT molecular complexity index is 757. The van der Waals surface area contributed by atoms with E-state index in [2.05, 4.69) is 90.0 Å². The maximum absolute atomic E-state index is 12.1. The fourth-order valence-electron chi connectivity index (χ4n) is 3.54. The molecule has 0 bridgehead atoms. The molecule has 1 atom stereocenters. The molecule has 2 aromatic carbocycles. The molecule has 1 unspecified atom stereocenters. The van der Waals surface area contributed by atoms with E-state index in [1.807, 2.05) is 0 Å². The lowest BCUT2D eigenvalue weighted by Crippen LogP contribution is -2.44. The van der Waals surface area contributed by atoms with E-state index in [1.54, 1.807) is 0 Å². The number of benzene rings is 2. The van der Waals surface area contributed by atoms with Gasteiger partial charge in [-0.2, -0.15) is 0 Å². The van der Waals surface area contributed by atoms with Crippen LogP contribution in [0.2, 0.25) is 0 Å². The fraction of sp³-hybridized carbons (Fsp3) is 0.409. The fourth-order valence-corrected chi connectivity index (χ4v) is 3.54. The van der Waals surface area contributed by atoms with Gasteiger partial charge in [-0.1, -0.05) is 42.5 Å². The molecule has 3 rings (SSSR count). The summed E-state index contributed by atoms with van der Waals surface area (Å²) < 4.78 is 0. The molecular weight excluding hydrogens is 336 g/mol. The van der Waals surface area contributed by atoms with Gasteiger partial charge in [-0.3, -0.25) is 0 Å². The number of carbonyl (C=O) groups excluding carboxylic acids is 1. The molecule has 0 aromatic heterocycles. The van der Waals surface area contributed by atoms with Crippen molar-refractivity contribution in [1.82, 2.24) is 15.5 Å². The van der Waals surface area contributed by atoms with Crippen LogP contribution < -0.4 is 15.5 Å². The Hall–Kier alpha value is -2.53. The SMILES string of the molecule is CC(CNC(=O)NCc1ccc(CN(C)C)cc1)N1CCc2ccccc21. The van der Waals surface area contributed by atoms with E-state index in [-0.39, 0.29) is 12.1 Å². The molecule has 2 N–H and O–H groups in total. The molecule has 2 amide bonds. The minimum Gasteiger partial charge on any atom is -0.366 e. The highest BCUT2D eigenvalue weighted by Crippen LogP contribution is 2.28. The molecular formula is C22H30N4O. The Morgan fingerprint density at radius 1 is 1.07 bits per heavy atom. The van der Waals surface area contributed by atoms with Crippen molar-refractivity contribution < 1.29 is 4.79 Å². The number of fused-ring (bicyclic) bond motifs is 1. The highest BCUT2D eigenvalue weighted by Gasteiger charge is 2.22. The van der Waals surface area contributed by atoms with Gasteiger partial charge in [0.25, 0.3) is 0 Å². The van der Waals surface area contributed by atoms with Crippen LogP contribution in [-0.4, -0.2) is 44.2 Å². The van der Waals surface area contributed by atoms with Crippen molar-refractivity contribution in [2.75, 3.05) is 32.1 Å². The van der Waals surface area contributed by atoms with Crippen molar-refractivity contribution >= 4 is 11.7 Å². The highest BCUT2D eigenvalue weighted by molar-refractivity contribution is 5.74. The van der Waals surface area contributed by atoms with E-state index in [4.69, 9.17) is 0 Å². The predicted octanol–water partition coefficient (Wildman–Crippen LogP) is 3.00. The van der Waals surface area contributed by atoms with Gasteiger partial charge in [-0.15, -0.1) is 0 Å². The lowest BCUT2D eigenvalue weighted by Gasteiger charge is -2.27. The summed E-state index contributed by atoms with van der Waals surface area (Å²) in [7, 11) is 4.11. The molecule has 144 valence electrons. The first-order valence-electron chi connectivity index (χ1n) is 9.61. The quantitative estimate of drug-likeness (QED) is 0.792. The average molecular weight is 367 g/mol. The van der Waals surface area contributed by atoms with Crippen LogP contribution in [0.1, 0.15) is 23.6 Å². The van der Waals surface area contributed by atoms with Gasteiger partial charge >= 0.3 is 6.03 Å². The topological polar surface area (TPSA) is 47.6 Å². The molecule has 0 spiro atoms. The molecule has 5 heteroatoms. The summed E-state index contributed by atoms with van der Waals surface area (Å²) in [5, 5.41) is 5.94. The summed E-state index contributed by atoms with van der Waals surface area (Å²) in [6, 6.07) is 17.0. The number of nitrogens with zero attached hydrogens (tertiary/aromatic N) is 2. The van der Waals surface area contributed by atoms with Crippen LogP contribution in [0.3, 0.4) is 0 Å². The molecule has 0 radical (unpaired) electrons. The molecule has 2 aromatic rings. The zero-order valence-electron chi connectivity index (χ0n) is 16.5. The first kappa shape index (κ1) is 19.2. The highest BCUT2D eigenvalue weighted by atomic mass is 16.2. The van der Waals surface area contributed by atoms with Crippen molar-refractivity contribution in [2.45, 2.75) is 32.5 Å². The Morgan fingerprint density at radius 2 is 1.78 bits per heavy atom. The summed E-state index contributed by atoms with van der Waals surface area (Å²) in [4.78, 5) is 16.7. The molecule has 1 aliphatic rings. The molecule has 1 aliphatic heterocycles. The number of amides is 2. The van der Waals surface area contributed by atoms with Crippen molar-refractivity contribution in [3.05, 3.63) is 65.2 Å². The number of urea groups is 1. The maximum Gasteiger partial charge on any atom is 0.315 e. The zero-order chi connectivity index (χ0) is 19.2. The summed E-state index contributed by atoms with van der Waals surface area (Å²) in [6.07, 6.45) is 1.08. The summed E-state index contributed by atoms with van der Waals surface area (Å²) in [5.41, 5.74) is 5.07. The zero-order valence-corrected chi connectivity index (χ0v) is 16.5. The number of carbonyl (C=O) groups is 1. The van der Waals surface area contributed by atoms with Crippen LogP contribution in [0.15, 0.2) is 48.5 Å². The van der Waals surface area contributed by atoms with Crippen molar-refractivity contribution in [3.8, 4) is 0 Å². The Labute approximate surface area is 162 Å². The summed E-state index contributed by atoms with van der Waals surface area (Å²) >= 11 is 0. The van der Waals surface area contributed by atoms with E-state index in [9.17, 15) is 4.79 Å². The number of nitrogens with one attached hydrogen (secondary N) is 2. The first-order valence-corrected chi connectivity index (χ1v) is 9.61. The number of para-hydroxylation sites is 1. The van der Waals surface area contributed by atoms with Gasteiger partial charge in [0.05, 0.1) is 0 Å². The monoisotopic (exact) mass is 366 g/mol. The van der Waals surface area contributed by atoms with Gasteiger partial charge in [0.2, 0.25) is 0 Å². The van der Waals surface area contributed by atoms with E-state index in [0.717, 1.165) is 25.1 Å². The normalized spacial score (nSPS) is 14.1. The largest absolute Gasteiger partial charge is 0.366 e. The van der Waals surface area contributed by atoms with Crippen molar-refractivity contribution in [3.63, 3.8) is 0 Å². The third kappa shape index (κ3) is 5.23. The number of anilines is 1. The second-order valence-electron chi connectivity index (χ2n) is 7.54. The standard InChI is InChI=1S/C22H30N4O/c1-17(26-13-12-20-6-4-5-7-21(20)26)14-23-22(27)24-15-18-8-10-19(11-9-18)16-25(2)3/h4-11,17H,12-16H2,1-3H3,(H2,23,24,27). The van der Waals surface area contributed by atoms with Crippen molar-refractivity contribution in [2.24, 2.45) is 0 Å². The van der Waals surface area contributed by atoms with Crippen LogP contribution >= 0.6 is 0 Å². The molecule has 5 nitrogen and oxygen atoms in total.